The van der Waals surface area contributed by atoms with Crippen molar-refractivity contribution in [3.05, 3.63) is 0 Å². The van der Waals surface area contributed by atoms with Gasteiger partial charge in [0.15, 0.2) is 0 Å². The predicted molar refractivity (Wildman–Crippen MR) is 83.0 cm³/mol. The molecule has 0 saturated carbocycles. The molecule has 0 atom stereocenters. The quantitative estimate of drug-likeness (QED) is 0.660. The summed E-state index contributed by atoms with van der Waals surface area (Å²) in [5.74, 6) is 1.08. The van der Waals surface area contributed by atoms with E-state index in [-0.39, 0.29) is 5.54 Å². The average molecular weight is 267 g/mol. The average Bonchev–Trinajstić information content (AvgIpc) is 2.33. The van der Waals surface area contributed by atoms with Gasteiger partial charge in [0.25, 0.3) is 0 Å². The van der Waals surface area contributed by atoms with E-state index in [1.165, 1.54) is 0 Å². The molecule has 0 bridgehead atoms. The van der Waals surface area contributed by atoms with Gasteiger partial charge < -0.3 is 4.90 Å². The number of nitrogens with zero attached hydrogens (tertiary/aromatic N) is 2. The molecule has 0 aromatic rings. The van der Waals surface area contributed by atoms with Gasteiger partial charge in [0.05, 0.1) is 6.07 Å². The lowest BCUT2D eigenvalue weighted by Crippen LogP contribution is -2.48. The number of rotatable bonds is 10. The molecule has 0 aromatic heterocycles. The Labute approximate surface area is 120 Å². The monoisotopic (exact) mass is 267 g/mol. The summed E-state index contributed by atoms with van der Waals surface area (Å²) in [6, 6.07) is 2.56. The van der Waals surface area contributed by atoms with Crippen LogP contribution in [-0.2, 0) is 0 Å². The van der Waals surface area contributed by atoms with Crippen LogP contribution >= 0.6 is 0 Å². The van der Waals surface area contributed by atoms with Crippen molar-refractivity contribution in [1.82, 2.24) is 10.2 Å². The second kappa shape index (κ2) is 9.34. The Morgan fingerprint density at radius 2 is 1.53 bits per heavy atom. The van der Waals surface area contributed by atoms with Gasteiger partial charge in [0.2, 0.25) is 0 Å². The lowest BCUT2D eigenvalue weighted by molar-refractivity contribution is 0.251. The highest BCUT2D eigenvalue weighted by Crippen LogP contribution is 2.24. The van der Waals surface area contributed by atoms with Crippen LogP contribution in [0.1, 0.15) is 54.4 Å². The van der Waals surface area contributed by atoms with Crippen molar-refractivity contribution in [3.8, 4) is 6.07 Å². The number of nitriles is 1. The van der Waals surface area contributed by atoms with E-state index in [0.29, 0.717) is 11.8 Å². The van der Waals surface area contributed by atoms with Crippen LogP contribution < -0.4 is 5.32 Å². The summed E-state index contributed by atoms with van der Waals surface area (Å²) < 4.78 is 0. The third-order valence-electron chi connectivity index (χ3n) is 3.51. The summed E-state index contributed by atoms with van der Waals surface area (Å²) in [5.41, 5.74) is -0.352. The molecule has 0 aliphatic rings. The lowest BCUT2D eigenvalue weighted by atomic mass is 9.83. The van der Waals surface area contributed by atoms with Crippen LogP contribution in [-0.4, -0.2) is 36.6 Å². The predicted octanol–water partition coefficient (Wildman–Crippen LogP) is 3.27. The molecular weight excluding hydrogens is 234 g/mol. The van der Waals surface area contributed by atoms with Crippen molar-refractivity contribution in [1.29, 1.82) is 5.26 Å². The van der Waals surface area contributed by atoms with Gasteiger partial charge >= 0.3 is 0 Å². The maximum absolute atomic E-state index is 9.63. The molecule has 0 fully saturated rings. The van der Waals surface area contributed by atoms with Gasteiger partial charge in [-0.3, -0.25) is 5.32 Å². The summed E-state index contributed by atoms with van der Waals surface area (Å²) in [6.07, 6.45) is 1.86. The highest BCUT2D eigenvalue weighted by Gasteiger charge is 2.31. The molecule has 0 radical (unpaired) electrons. The zero-order valence-electron chi connectivity index (χ0n) is 13.8. The molecule has 0 rings (SSSR count). The molecule has 0 aromatic carbocycles. The van der Waals surface area contributed by atoms with Crippen molar-refractivity contribution >= 4 is 0 Å². The van der Waals surface area contributed by atoms with Crippen molar-refractivity contribution in [2.75, 3.05) is 26.2 Å². The molecule has 1 N–H and O–H groups in total. The maximum atomic E-state index is 9.63. The topological polar surface area (TPSA) is 39.1 Å². The van der Waals surface area contributed by atoms with E-state index in [9.17, 15) is 5.26 Å². The molecule has 3 heteroatoms. The Morgan fingerprint density at radius 3 is 1.84 bits per heavy atom. The Morgan fingerprint density at radius 1 is 1.05 bits per heavy atom. The van der Waals surface area contributed by atoms with Crippen LogP contribution in [0.15, 0.2) is 0 Å². The second-order valence-corrected chi connectivity index (χ2v) is 6.34. The summed E-state index contributed by atoms with van der Waals surface area (Å²) in [6.45, 7) is 17.2. The molecule has 3 nitrogen and oxygen atoms in total. The zero-order chi connectivity index (χ0) is 14.9. The van der Waals surface area contributed by atoms with Gasteiger partial charge in [-0.05, 0) is 37.8 Å². The number of hydrogen-bond acceptors (Lipinski definition) is 3. The first-order chi connectivity index (χ1) is 8.89. The smallest absolute Gasteiger partial charge is 0.107 e. The summed E-state index contributed by atoms with van der Waals surface area (Å²) in [5, 5.41) is 13.2. The van der Waals surface area contributed by atoms with E-state index in [0.717, 1.165) is 39.0 Å². The van der Waals surface area contributed by atoms with Crippen LogP contribution in [0.3, 0.4) is 0 Å². The minimum Gasteiger partial charge on any atom is -0.303 e. The van der Waals surface area contributed by atoms with Crippen LogP contribution in [0.4, 0.5) is 0 Å². The van der Waals surface area contributed by atoms with Gasteiger partial charge in [-0.15, -0.1) is 0 Å². The SMILES string of the molecule is CCN(CC)CCNC(C#N)(CC(C)C)CC(C)C. The highest BCUT2D eigenvalue weighted by molar-refractivity contribution is 5.08. The molecular formula is C16H33N3. The van der Waals surface area contributed by atoms with E-state index < -0.39 is 0 Å². The maximum Gasteiger partial charge on any atom is 0.107 e. The number of hydrogen-bond donors (Lipinski definition) is 1. The molecule has 0 aliphatic heterocycles. The molecule has 0 spiro atoms. The number of likely N-dealkylation sites (N-methyl/N-ethyl adjacent to an activating group) is 1. The molecule has 19 heavy (non-hydrogen) atoms. The molecule has 0 heterocycles. The minimum absolute atomic E-state index is 0.352. The van der Waals surface area contributed by atoms with Crippen LogP contribution in [0.25, 0.3) is 0 Å². The third-order valence-corrected chi connectivity index (χ3v) is 3.51. The van der Waals surface area contributed by atoms with E-state index in [4.69, 9.17) is 0 Å². The standard InChI is InChI=1S/C16H33N3/c1-7-19(8-2)10-9-18-16(13-17,11-14(3)4)12-15(5)6/h14-15,18H,7-12H2,1-6H3. The Bertz CT molecular complexity index is 252. The highest BCUT2D eigenvalue weighted by atomic mass is 15.1. The summed E-state index contributed by atoms with van der Waals surface area (Å²) >= 11 is 0. The normalized spacial score (nSPS) is 12.4. The molecule has 0 unspecified atom stereocenters. The lowest BCUT2D eigenvalue weighted by Gasteiger charge is -2.32. The van der Waals surface area contributed by atoms with Gasteiger partial charge in [0, 0.05) is 13.1 Å². The van der Waals surface area contributed by atoms with Crippen LogP contribution in [0.2, 0.25) is 0 Å². The van der Waals surface area contributed by atoms with Crippen LogP contribution in [0, 0.1) is 23.2 Å². The zero-order valence-corrected chi connectivity index (χ0v) is 13.8. The van der Waals surface area contributed by atoms with Gasteiger partial charge in [-0.2, -0.15) is 5.26 Å². The van der Waals surface area contributed by atoms with Crippen molar-refractivity contribution in [3.63, 3.8) is 0 Å². The Kier molecular flexibility index (Phi) is 9.05. The van der Waals surface area contributed by atoms with Gasteiger partial charge in [-0.25, -0.2) is 0 Å². The second-order valence-electron chi connectivity index (χ2n) is 6.34. The van der Waals surface area contributed by atoms with Crippen molar-refractivity contribution in [2.45, 2.75) is 59.9 Å². The summed E-state index contributed by atoms with van der Waals surface area (Å²) in [4.78, 5) is 2.39. The fraction of sp³-hybridized carbons (Fsp3) is 0.938. The van der Waals surface area contributed by atoms with Crippen molar-refractivity contribution in [2.24, 2.45) is 11.8 Å². The first kappa shape index (κ1) is 18.4. The Balaban J connectivity index is 4.53. The summed E-state index contributed by atoms with van der Waals surface area (Å²) in [7, 11) is 0. The van der Waals surface area contributed by atoms with Crippen LogP contribution in [0.5, 0.6) is 0 Å². The fourth-order valence-electron chi connectivity index (χ4n) is 2.75. The van der Waals surface area contributed by atoms with E-state index in [1.807, 2.05) is 0 Å². The minimum atomic E-state index is -0.352. The van der Waals surface area contributed by atoms with Crippen molar-refractivity contribution < 1.29 is 0 Å². The molecule has 0 saturated heterocycles. The van der Waals surface area contributed by atoms with Gasteiger partial charge in [0.1, 0.15) is 5.54 Å². The first-order valence-electron chi connectivity index (χ1n) is 7.77. The van der Waals surface area contributed by atoms with E-state index in [1.54, 1.807) is 0 Å². The molecule has 112 valence electrons. The Hall–Kier alpha value is -0.590. The van der Waals surface area contributed by atoms with Gasteiger partial charge in [-0.1, -0.05) is 41.5 Å². The third kappa shape index (κ3) is 7.54. The molecule has 0 aliphatic carbocycles. The first-order valence-corrected chi connectivity index (χ1v) is 7.77. The number of nitrogens with one attached hydrogen (secondary N) is 1. The molecule has 0 amide bonds. The largest absolute Gasteiger partial charge is 0.303 e. The van der Waals surface area contributed by atoms with E-state index >= 15 is 0 Å². The fourth-order valence-corrected chi connectivity index (χ4v) is 2.75. The van der Waals surface area contributed by atoms with E-state index in [2.05, 4.69) is 57.8 Å².